The average molecular weight is 300 g/mol. The van der Waals surface area contributed by atoms with Crippen LogP contribution in [0.5, 0.6) is 5.75 Å². The molecule has 0 aliphatic heterocycles. The summed E-state index contributed by atoms with van der Waals surface area (Å²) in [5, 5.41) is 0.616. The Morgan fingerprint density at radius 2 is 1.86 bits per heavy atom. The molecule has 0 fully saturated rings. The molecule has 3 heteroatoms. The Morgan fingerprint density at radius 3 is 2.52 bits per heavy atom. The summed E-state index contributed by atoms with van der Waals surface area (Å²) in [6.45, 7) is 2.95. The molecule has 108 valence electrons. The van der Waals surface area contributed by atoms with Crippen molar-refractivity contribution >= 4 is 11.6 Å². The minimum absolute atomic E-state index is 0.616. The van der Waals surface area contributed by atoms with E-state index in [1.807, 2.05) is 24.3 Å². The summed E-state index contributed by atoms with van der Waals surface area (Å²) in [5.74, 6) is 6.97. The molecule has 0 aliphatic carbocycles. The SMILES string of the molecule is CCCCCOc1ccc(C#Cc2ccc(Cl)cn2)cc1. The van der Waals surface area contributed by atoms with Gasteiger partial charge in [0.25, 0.3) is 0 Å². The van der Waals surface area contributed by atoms with Crippen molar-refractivity contribution in [3.8, 4) is 17.6 Å². The van der Waals surface area contributed by atoms with Crippen molar-refractivity contribution in [3.05, 3.63) is 58.9 Å². The highest BCUT2D eigenvalue weighted by Gasteiger charge is 1.94. The highest BCUT2D eigenvalue weighted by Crippen LogP contribution is 2.12. The van der Waals surface area contributed by atoms with Crippen LogP contribution in [0.4, 0.5) is 0 Å². The van der Waals surface area contributed by atoms with E-state index < -0.39 is 0 Å². The maximum Gasteiger partial charge on any atom is 0.119 e. The van der Waals surface area contributed by atoms with Gasteiger partial charge in [0.1, 0.15) is 11.4 Å². The van der Waals surface area contributed by atoms with Gasteiger partial charge in [-0.1, -0.05) is 37.3 Å². The predicted octanol–water partition coefficient (Wildman–Crippen LogP) is 4.70. The summed E-state index contributed by atoms with van der Waals surface area (Å²) in [6.07, 6.45) is 5.10. The van der Waals surface area contributed by atoms with Crippen LogP contribution in [0.1, 0.15) is 37.4 Å². The highest BCUT2D eigenvalue weighted by molar-refractivity contribution is 6.30. The van der Waals surface area contributed by atoms with Crippen molar-refractivity contribution in [1.82, 2.24) is 4.98 Å². The summed E-state index contributed by atoms with van der Waals surface area (Å²) >= 11 is 5.78. The van der Waals surface area contributed by atoms with Crippen molar-refractivity contribution in [3.63, 3.8) is 0 Å². The van der Waals surface area contributed by atoms with Crippen LogP contribution in [-0.4, -0.2) is 11.6 Å². The third-order valence-corrected chi connectivity index (χ3v) is 3.16. The molecule has 0 saturated heterocycles. The van der Waals surface area contributed by atoms with Crippen LogP contribution < -0.4 is 4.74 Å². The summed E-state index contributed by atoms with van der Waals surface area (Å²) < 4.78 is 5.66. The lowest BCUT2D eigenvalue weighted by atomic mass is 10.2. The molecule has 21 heavy (non-hydrogen) atoms. The fourth-order valence-corrected chi connectivity index (χ4v) is 1.87. The molecular weight excluding hydrogens is 282 g/mol. The molecule has 0 spiro atoms. The van der Waals surface area contributed by atoms with Gasteiger partial charge in [-0.3, -0.25) is 0 Å². The normalized spacial score (nSPS) is 9.81. The zero-order valence-corrected chi connectivity index (χ0v) is 12.9. The largest absolute Gasteiger partial charge is 0.494 e. The van der Waals surface area contributed by atoms with E-state index in [-0.39, 0.29) is 0 Å². The Bertz CT molecular complexity index is 608. The van der Waals surface area contributed by atoms with Crippen LogP contribution in [0.15, 0.2) is 42.6 Å². The molecule has 0 N–H and O–H groups in total. The first-order valence-electron chi connectivity index (χ1n) is 7.14. The lowest BCUT2D eigenvalue weighted by molar-refractivity contribution is 0.306. The van der Waals surface area contributed by atoms with Gasteiger partial charge < -0.3 is 4.74 Å². The van der Waals surface area contributed by atoms with Crippen molar-refractivity contribution < 1.29 is 4.74 Å². The number of aromatic nitrogens is 1. The minimum Gasteiger partial charge on any atom is -0.494 e. The summed E-state index contributed by atoms with van der Waals surface area (Å²) in [4.78, 5) is 4.14. The molecule has 0 atom stereocenters. The van der Waals surface area contributed by atoms with E-state index in [4.69, 9.17) is 16.3 Å². The van der Waals surface area contributed by atoms with E-state index in [1.165, 1.54) is 12.8 Å². The van der Waals surface area contributed by atoms with Crippen LogP contribution in [0.2, 0.25) is 5.02 Å². The number of pyridine rings is 1. The van der Waals surface area contributed by atoms with Gasteiger partial charge in [0, 0.05) is 11.8 Å². The number of hydrogen-bond acceptors (Lipinski definition) is 2. The van der Waals surface area contributed by atoms with Gasteiger partial charge in [-0.2, -0.15) is 0 Å². The van der Waals surface area contributed by atoms with Crippen LogP contribution in [0.25, 0.3) is 0 Å². The second-order valence-corrected chi connectivity index (χ2v) is 5.13. The van der Waals surface area contributed by atoms with E-state index in [2.05, 4.69) is 23.7 Å². The zero-order chi connectivity index (χ0) is 14.9. The molecule has 2 nitrogen and oxygen atoms in total. The first kappa shape index (κ1) is 15.4. The van der Waals surface area contributed by atoms with E-state index >= 15 is 0 Å². The Labute approximate surface area is 131 Å². The van der Waals surface area contributed by atoms with Crippen molar-refractivity contribution in [1.29, 1.82) is 0 Å². The first-order valence-corrected chi connectivity index (χ1v) is 7.52. The Kier molecular flexibility index (Phi) is 6.12. The maximum atomic E-state index is 5.78. The van der Waals surface area contributed by atoms with Crippen LogP contribution in [-0.2, 0) is 0 Å². The third kappa shape index (κ3) is 5.49. The summed E-state index contributed by atoms with van der Waals surface area (Å²) in [6, 6.07) is 11.4. The molecular formula is C18H18ClNO. The fraction of sp³-hybridized carbons (Fsp3) is 0.278. The number of halogens is 1. The molecule has 1 aromatic carbocycles. The summed E-state index contributed by atoms with van der Waals surface area (Å²) in [7, 11) is 0. The molecule has 0 amide bonds. The number of nitrogens with zero attached hydrogens (tertiary/aromatic N) is 1. The van der Waals surface area contributed by atoms with Crippen LogP contribution in [0.3, 0.4) is 0 Å². The topological polar surface area (TPSA) is 22.1 Å². The first-order chi connectivity index (χ1) is 10.3. The quantitative estimate of drug-likeness (QED) is 0.589. The van der Waals surface area contributed by atoms with Gasteiger partial charge in [0.15, 0.2) is 0 Å². The minimum atomic E-state index is 0.616. The lowest BCUT2D eigenvalue weighted by Gasteiger charge is -2.05. The van der Waals surface area contributed by atoms with E-state index in [0.717, 1.165) is 24.3 Å². The van der Waals surface area contributed by atoms with Gasteiger partial charge in [0.05, 0.1) is 11.6 Å². The Hall–Kier alpha value is -1.98. The van der Waals surface area contributed by atoms with Crippen molar-refractivity contribution in [2.45, 2.75) is 26.2 Å². The second-order valence-electron chi connectivity index (χ2n) is 4.69. The maximum absolute atomic E-state index is 5.78. The molecule has 0 saturated carbocycles. The zero-order valence-electron chi connectivity index (χ0n) is 12.1. The molecule has 2 rings (SSSR count). The molecule has 2 aromatic rings. The smallest absolute Gasteiger partial charge is 0.119 e. The van der Waals surface area contributed by atoms with E-state index in [9.17, 15) is 0 Å². The molecule has 1 heterocycles. The van der Waals surface area contributed by atoms with Crippen LogP contribution >= 0.6 is 11.6 Å². The molecule has 0 aliphatic rings. The van der Waals surface area contributed by atoms with Gasteiger partial charge in [-0.05, 0) is 48.7 Å². The average Bonchev–Trinajstić information content (AvgIpc) is 2.52. The Balaban J connectivity index is 1.92. The van der Waals surface area contributed by atoms with Crippen molar-refractivity contribution in [2.75, 3.05) is 6.61 Å². The highest BCUT2D eigenvalue weighted by atomic mass is 35.5. The molecule has 0 radical (unpaired) electrons. The lowest BCUT2D eigenvalue weighted by Crippen LogP contribution is -1.96. The standard InChI is InChI=1S/C18H18ClNO/c1-2-3-4-13-21-18-11-6-15(7-12-18)5-9-17-10-8-16(19)14-20-17/h6-8,10-12,14H,2-4,13H2,1H3. The fourth-order valence-electron chi connectivity index (χ4n) is 1.76. The number of unbranched alkanes of at least 4 members (excludes halogenated alkanes) is 2. The Morgan fingerprint density at radius 1 is 1.05 bits per heavy atom. The predicted molar refractivity (Wildman–Crippen MR) is 86.7 cm³/mol. The molecule has 0 unspecified atom stereocenters. The van der Waals surface area contributed by atoms with Gasteiger partial charge >= 0.3 is 0 Å². The van der Waals surface area contributed by atoms with Crippen molar-refractivity contribution in [2.24, 2.45) is 0 Å². The van der Waals surface area contributed by atoms with Crippen LogP contribution in [0, 0.1) is 11.8 Å². The summed E-state index contributed by atoms with van der Waals surface area (Å²) in [5.41, 5.74) is 1.65. The number of hydrogen-bond donors (Lipinski definition) is 0. The third-order valence-electron chi connectivity index (χ3n) is 2.93. The van der Waals surface area contributed by atoms with E-state index in [0.29, 0.717) is 10.7 Å². The monoisotopic (exact) mass is 299 g/mol. The number of benzene rings is 1. The number of ether oxygens (including phenoxy) is 1. The van der Waals surface area contributed by atoms with Gasteiger partial charge in [-0.25, -0.2) is 4.98 Å². The van der Waals surface area contributed by atoms with Gasteiger partial charge in [-0.15, -0.1) is 0 Å². The molecule has 0 bridgehead atoms. The molecule has 1 aromatic heterocycles. The number of rotatable bonds is 5. The van der Waals surface area contributed by atoms with Gasteiger partial charge in [0.2, 0.25) is 0 Å². The van der Waals surface area contributed by atoms with E-state index in [1.54, 1.807) is 18.3 Å². The second kappa shape index (κ2) is 8.34.